The first-order valence-corrected chi connectivity index (χ1v) is 7.83. The zero-order chi connectivity index (χ0) is 17.8. The summed E-state index contributed by atoms with van der Waals surface area (Å²) in [5, 5.41) is 3.95. The number of hydrogen-bond acceptors (Lipinski definition) is 5. The van der Waals surface area contributed by atoms with Gasteiger partial charge in [0.25, 0.3) is 11.8 Å². The van der Waals surface area contributed by atoms with Crippen molar-refractivity contribution in [3.05, 3.63) is 30.0 Å². The summed E-state index contributed by atoms with van der Waals surface area (Å²) in [7, 11) is 1.44. The molecule has 4 rings (SSSR count). The highest BCUT2D eigenvalue weighted by atomic mass is 19.1. The summed E-state index contributed by atoms with van der Waals surface area (Å²) < 4.78 is 24.9. The Hall–Kier alpha value is -2.90. The van der Waals surface area contributed by atoms with Crippen molar-refractivity contribution in [2.45, 2.75) is 18.1 Å². The highest BCUT2D eigenvalue weighted by Gasteiger charge is 2.69. The summed E-state index contributed by atoms with van der Waals surface area (Å²) in [5.41, 5.74) is 3.90. The van der Waals surface area contributed by atoms with Crippen LogP contribution in [0.15, 0.2) is 24.4 Å². The van der Waals surface area contributed by atoms with E-state index < -0.39 is 17.5 Å². The van der Waals surface area contributed by atoms with Crippen molar-refractivity contribution in [2.75, 3.05) is 13.7 Å². The molecule has 1 aliphatic heterocycles. The number of carbonyl (C=O) groups excluding carboxylic acids is 2. The normalized spacial score (nSPS) is 26.9. The van der Waals surface area contributed by atoms with E-state index in [-0.39, 0.29) is 30.6 Å². The summed E-state index contributed by atoms with van der Waals surface area (Å²) in [4.78, 5) is 27.3. The molecule has 2 heterocycles. The van der Waals surface area contributed by atoms with Crippen molar-refractivity contribution >= 4 is 22.6 Å². The number of methoxy groups -OCH3 is 1. The zero-order valence-corrected chi connectivity index (χ0v) is 13.4. The molecule has 7 nitrogen and oxygen atoms in total. The number of rotatable bonds is 5. The highest BCUT2D eigenvalue weighted by Crippen LogP contribution is 2.53. The highest BCUT2D eigenvalue weighted by molar-refractivity contribution is 6.01. The molecule has 1 aliphatic carbocycles. The Morgan fingerprint density at radius 1 is 1.52 bits per heavy atom. The monoisotopic (exact) mass is 345 g/mol. The van der Waals surface area contributed by atoms with E-state index in [0.29, 0.717) is 22.4 Å². The Kier molecular flexibility index (Phi) is 3.31. The lowest BCUT2D eigenvalue weighted by atomic mass is 10.1. The largest absolute Gasteiger partial charge is 0.496 e. The van der Waals surface area contributed by atoms with Gasteiger partial charge in [0.1, 0.15) is 12.4 Å². The van der Waals surface area contributed by atoms with Crippen LogP contribution in [0, 0.1) is 5.92 Å². The van der Waals surface area contributed by atoms with Gasteiger partial charge in [0.05, 0.1) is 18.7 Å². The van der Waals surface area contributed by atoms with Crippen LogP contribution >= 0.6 is 0 Å². The molecule has 1 saturated carbocycles. The molecular formula is C17H16FN3O4. The molecule has 3 unspecified atom stereocenters. The van der Waals surface area contributed by atoms with Gasteiger partial charge in [0, 0.05) is 17.5 Å². The van der Waals surface area contributed by atoms with Crippen molar-refractivity contribution in [3.8, 4) is 11.6 Å². The Balaban J connectivity index is 1.62. The quantitative estimate of drug-likeness (QED) is 0.840. The van der Waals surface area contributed by atoms with Gasteiger partial charge < -0.3 is 20.5 Å². The first-order chi connectivity index (χ1) is 11.9. The molecule has 3 N–H and O–H groups in total. The van der Waals surface area contributed by atoms with Crippen LogP contribution in [-0.4, -0.2) is 42.2 Å². The third-order valence-electron chi connectivity index (χ3n) is 4.84. The van der Waals surface area contributed by atoms with Crippen molar-refractivity contribution < 1.29 is 23.5 Å². The lowest BCUT2D eigenvalue weighted by Gasteiger charge is -2.15. The minimum absolute atomic E-state index is 0.119. The van der Waals surface area contributed by atoms with Crippen LogP contribution in [0.1, 0.15) is 16.8 Å². The predicted molar refractivity (Wildman–Crippen MR) is 86.2 cm³/mol. The number of benzene rings is 1. The molecule has 3 atom stereocenters. The number of primary amides is 1. The van der Waals surface area contributed by atoms with Gasteiger partial charge in [-0.3, -0.25) is 9.59 Å². The maximum absolute atomic E-state index is 14.0. The Morgan fingerprint density at radius 3 is 2.92 bits per heavy atom. The van der Waals surface area contributed by atoms with E-state index in [1.165, 1.54) is 7.11 Å². The fourth-order valence-corrected chi connectivity index (χ4v) is 3.35. The summed E-state index contributed by atoms with van der Waals surface area (Å²) in [6.45, 7) is 0.119. The lowest BCUT2D eigenvalue weighted by molar-refractivity contribution is -0.125. The number of piperidine rings is 1. The number of pyridine rings is 1. The molecular weight excluding hydrogens is 329 g/mol. The van der Waals surface area contributed by atoms with Gasteiger partial charge in [-0.2, -0.15) is 0 Å². The van der Waals surface area contributed by atoms with Crippen molar-refractivity contribution in [2.24, 2.45) is 11.7 Å². The van der Waals surface area contributed by atoms with Crippen LogP contribution in [0.4, 0.5) is 4.39 Å². The maximum Gasteiger partial charge on any atom is 0.258 e. The van der Waals surface area contributed by atoms with Gasteiger partial charge in [-0.25, -0.2) is 9.37 Å². The van der Waals surface area contributed by atoms with E-state index in [1.807, 2.05) is 0 Å². The molecule has 2 aliphatic rings. The van der Waals surface area contributed by atoms with Crippen LogP contribution < -0.4 is 20.5 Å². The number of halogens is 1. The zero-order valence-electron chi connectivity index (χ0n) is 13.4. The summed E-state index contributed by atoms with van der Waals surface area (Å²) in [5.74, 6) is -0.870. The van der Waals surface area contributed by atoms with Crippen molar-refractivity contribution in [1.29, 1.82) is 0 Å². The molecule has 1 aromatic carbocycles. The van der Waals surface area contributed by atoms with E-state index in [1.54, 1.807) is 24.4 Å². The van der Waals surface area contributed by atoms with E-state index in [9.17, 15) is 14.0 Å². The fraction of sp³-hybridized carbons (Fsp3) is 0.353. The number of nitrogens with zero attached hydrogens (tertiary/aromatic N) is 1. The van der Waals surface area contributed by atoms with Crippen LogP contribution in [0.5, 0.6) is 11.6 Å². The molecule has 130 valence electrons. The SMILES string of the molecule is COc1cc2c(OCC3NC(=O)C4(F)CC34)nccc2cc1C(N)=O. The summed E-state index contributed by atoms with van der Waals surface area (Å²) in [6.07, 6.45) is 1.78. The maximum atomic E-state index is 14.0. The summed E-state index contributed by atoms with van der Waals surface area (Å²) >= 11 is 0. The molecule has 2 amide bonds. The smallest absolute Gasteiger partial charge is 0.258 e. The molecule has 2 aromatic rings. The minimum atomic E-state index is -1.72. The van der Waals surface area contributed by atoms with Crippen LogP contribution in [0.3, 0.4) is 0 Å². The summed E-state index contributed by atoms with van der Waals surface area (Å²) in [6, 6.07) is 4.58. The number of hydrogen-bond donors (Lipinski definition) is 2. The Labute approximate surface area is 142 Å². The second-order valence-electron chi connectivity index (χ2n) is 6.32. The number of fused-ring (bicyclic) bond motifs is 2. The molecule has 0 radical (unpaired) electrons. The number of amides is 2. The number of aromatic nitrogens is 1. The number of nitrogens with two attached hydrogens (primary N) is 1. The molecule has 8 heteroatoms. The molecule has 0 bridgehead atoms. The predicted octanol–water partition coefficient (Wildman–Crippen LogP) is 0.948. The molecule has 2 fully saturated rings. The third-order valence-corrected chi connectivity index (χ3v) is 4.84. The third kappa shape index (κ3) is 2.36. The average Bonchev–Trinajstić information content (AvgIpc) is 3.23. The topological polar surface area (TPSA) is 104 Å². The average molecular weight is 345 g/mol. The number of alkyl halides is 1. The molecule has 1 aromatic heterocycles. The number of carbonyl (C=O) groups is 2. The molecule has 25 heavy (non-hydrogen) atoms. The van der Waals surface area contributed by atoms with Gasteiger partial charge in [0.15, 0.2) is 5.67 Å². The Bertz CT molecular complexity index is 903. The van der Waals surface area contributed by atoms with E-state index in [4.69, 9.17) is 15.2 Å². The first-order valence-electron chi connectivity index (χ1n) is 7.83. The lowest BCUT2D eigenvalue weighted by Crippen LogP contribution is -2.36. The van der Waals surface area contributed by atoms with Gasteiger partial charge in [-0.05, 0) is 30.0 Å². The minimum Gasteiger partial charge on any atom is -0.496 e. The van der Waals surface area contributed by atoms with E-state index in [2.05, 4.69) is 10.3 Å². The van der Waals surface area contributed by atoms with Gasteiger partial charge >= 0.3 is 0 Å². The van der Waals surface area contributed by atoms with Crippen molar-refractivity contribution in [3.63, 3.8) is 0 Å². The van der Waals surface area contributed by atoms with Crippen LogP contribution in [-0.2, 0) is 4.79 Å². The van der Waals surface area contributed by atoms with Crippen LogP contribution in [0.2, 0.25) is 0 Å². The standard InChI is InChI=1S/C17H16FN3O4/c1-24-13-5-9-8(4-10(13)14(19)22)2-3-20-15(9)25-7-12-11-6-17(11,18)16(23)21-12/h2-5,11-12H,6-7H2,1H3,(H2,19,22)(H,21,23). The fourth-order valence-electron chi connectivity index (χ4n) is 3.35. The van der Waals surface area contributed by atoms with E-state index >= 15 is 0 Å². The van der Waals surface area contributed by atoms with Gasteiger partial charge in [-0.15, -0.1) is 0 Å². The second-order valence-corrected chi connectivity index (χ2v) is 6.32. The number of nitrogens with one attached hydrogen (secondary N) is 1. The van der Waals surface area contributed by atoms with E-state index in [0.717, 1.165) is 0 Å². The molecule has 1 saturated heterocycles. The van der Waals surface area contributed by atoms with Crippen molar-refractivity contribution in [1.82, 2.24) is 10.3 Å². The van der Waals surface area contributed by atoms with Crippen LogP contribution in [0.25, 0.3) is 10.8 Å². The Morgan fingerprint density at radius 2 is 2.32 bits per heavy atom. The first kappa shape index (κ1) is 15.6. The van der Waals surface area contributed by atoms with Gasteiger partial charge in [0.2, 0.25) is 5.88 Å². The number of ether oxygens (including phenoxy) is 2. The second kappa shape index (κ2) is 5.30. The van der Waals surface area contributed by atoms with Gasteiger partial charge in [-0.1, -0.05) is 0 Å². The molecule has 0 spiro atoms.